The van der Waals surface area contributed by atoms with E-state index in [-0.39, 0.29) is 17.9 Å². The van der Waals surface area contributed by atoms with Crippen LogP contribution in [0.3, 0.4) is 0 Å². The van der Waals surface area contributed by atoms with Crippen molar-refractivity contribution in [1.82, 2.24) is 10.3 Å². The summed E-state index contributed by atoms with van der Waals surface area (Å²) in [4.78, 5) is 30.0. The van der Waals surface area contributed by atoms with Crippen molar-refractivity contribution >= 4 is 22.8 Å². The predicted molar refractivity (Wildman–Crippen MR) is 135 cm³/mol. The van der Waals surface area contributed by atoms with Crippen LogP contribution in [0.1, 0.15) is 15.9 Å². The van der Waals surface area contributed by atoms with Crippen LogP contribution in [0.5, 0.6) is 17.2 Å². The van der Waals surface area contributed by atoms with Gasteiger partial charge in [0.1, 0.15) is 5.82 Å². The van der Waals surface area contributed by atoms with E-state index < -0.39 is 18.5 Å². The molecule has 0 saturated carbocycles. The van der Waals surface area contributed by atoms with Crippen molar-refractivity contribution in [2.75, 3.05) is 27.9 Å². The number of rotatable bonds is 9. The number of halogens is 1. The molecule has 0 aliphatic rings. The van der Waals surface area contributed by atoms with Crippen LogP contribution in [0.15, 0.2) is 66.7 Å². The van der Waals surface area contributed by atoms with Gasteiger partial charge in [0, 0.05) is 17.5 Å². The molecular weight excluding hydrogens is 479 g/mol. The lowest BCUT2D eigenvalue weighted by atomic mass is 10.0. The summed E-state index contributed by atoms with van der Waals surface area (Å²) in [5, 5.41) is 3.22. The lowest BCUT2D eigenvalue weighted by molar-refractivity contribution is -0.124. The molecule has 0 spiro atoms. The van der Waals surface area contributed by atoms with E-state index in [1.54, 1.807) is 48.5 Å². The third kappa shape index (κ3) is 5.78. The number of carbonyl (C=O) groups is 2. The molecule has 4 aromatic rings. The van der Waals surface area contributed by atoms with Crippen molar-refractivity contribution in [3.05, 3.63) is 83.7 Å². The molecule has 0 saturated heterocycles. The summed E-state index contributed by atoms with van der Waals surface area (Å²) in [5.74, 6) is -0.215. The molecule has 37 heavy (non-hydrogen) atoms. The summed E-state index contributed by atoms with van der Waals surface area (Å²) in [6, 6.07) is 17.9. The van der Waals surface area contributed by atoms with Gasteiger partial charge in [-0.05, 0) is 42.0 Å². The third-order valence-corrected chi connectivity index (χ3v) is 5.63. The number of aromatic nitrogens is 1. The Morgan fingerprint density at radius 1 is 0.892 bits per heavy atom. The zero-order chi connectivity index (χ0) is 26.4. The van der Waals surface area contributed by atoms with Crippen molar-refractivity contribution in [1.29, 1.82) is 0 Å². The van der Waals surface area contributed by atoms with Gasteiger partial charge in [0.15, 0.2) is 18.1 Å². The Balaban J connectivity index is 1.58. The summed E-state index contributed by atoms with van der Waals surface area (Å²) < 4.78 is 34.6. The molecule has 9 heteroatoms. The van der Waals surface area contributed by atoms with Gasteiger partial charge in [-0.25, -0.2) is 14.2 Å². The Kier molecular flexibility index (Phi) is 7.83. The van der Waals surface area contributed by atoms with Crippen molar-refractivity contribution in [2.45, 2.75) is 6.54 Å². The van der Waals surface area contributed by atoms with Crippen LogP contribution in [0, 0.1) is 5.82 Å². The molecule has 0 bridgehead atoms. The summed E-state index contributed by atoms with van der Waals surface area (Å²) in [5.41, 5.74) is 2.65. The average Bonchev–Trinajstić information content (AvgIpc) is 2.94. The molecule has 1 amide bonds. The molecule has 0 fully saturated rings. The smallest absolute Gasteiger partial charge is 0.339 e. The topological polar surface area (TPSA) is 96.0 Å². The molecule has 0 radical (unpaired) electrons. The molecule has 1 heterocycles. The number of carbonyl (C=O) groups excluding carboxylic acids is 2. The van der Waals surface area contributed by atoms with Gasteiger partial charge in [-0.3, -0.25) is 4.79 Å². The Labute approximate surface area is 212 Å². The number of nitrogens with one attached hydrogen (secondary N) is 1. The van der Waals surface area contributed by atoms with Crippen LogP contribution >= 0.6 is 0 Å². The lowest BCUT2D eigenvalue weighted by Gasteiger charge is -2.15. The van der Waals surface area contributed by atoms with E-state index in [2.05, 4.69) is 5.32 Å². The van der Waals surface area contributed by atoms with E-state index >= 15 is 0 Å². The number of hydrogen-bond acceptors (Lipinski definition) is 7. The van der Waals surface area contributed by atoms with E-state index in [0.717, 1.165) is 5.56 Å². The number of nitrogens with zero attached hydrogens (tertiary/aromatic N) is 1. The Morgan fingerprint density at radius 2 is 1.57 bits per heavy atom. The molecule has 1 aromatic heterocycles. The van der Waals surface area contributed by atoms with Gasteiger partial charge in [-0.1, -0.05) is 30.3 Å². The molecule has 0 atom stereocenters. The second-order valence-corrected chi connectivity index (χ2v) is 7.97. The van der Waals surface area contributed by atoms with Gasteiger partial charge in [-0.2, -0.15) is 0 Å². The van der Waals surface area contributed by atoms with Crippen LogP contribution in [-0.2, 0) is 16.1 Å². The fourth-order valence-electron chi connectivity index (χ4n) is 3.78. The lowest BCUT2D eigenvalue weighted by Crippen LogP contribution is -2.28. The highest BCUT2D eigenvalue weighted by atomic mass is 19.1. The Morgan fingerprint density at radius 3 is 2.22 bits per heavy atom. The number of fused-ring (bicyclic) bond motifs is 1. The molecule has 0 aliphatic heterocycles. The van der Waals surface area contributed by atoms with Crippen molar-refractivity contribution in [2.24, 2.45) is 0 Å². The highest BCUT2D eigenvalue weighted by molar-refractivity contribution is 6.05. The number of amides is 1. The maximum Gasteiger partial charge on any atom is 0.339 e. The second-order valence-electron chi connectivity index (χ2n) is 7.97. The Hall–Kier alpha value is -4.66. The first-order valence-electron chi connectivity index (χ1n) is 11.3. The molecule has 8 nitrogen and oxygen atoms in total. The second kappa shape index (κ2) is 11.4. The molecule has 0 aliphatic carbocycles. The molecule has 3 aromatic carbocycles. The minimum absolute atomic E-state index is 0.181. The fourth-order valence-corrected chi connectivity index (χ4v) is 3.78. The third-order valence-electron chi connectivity index (χ3n) is 5.63. The SMILES string of the molecule is COc1cc(-c2cc(C(=O)OCC(=O)NCc3ccc(F)cc3)c3ccccc3n2)cc(OC)c1OC. The fraction of sp³-hybridized carbons (Fsp3) is 0.179. The zero-order valence-corrected chi connectivity index (χ0v) is 20.5. The number of pyridine rings is 1. The molecule has 190 valence electrons. The van der Waals surface area contributed by atoms with Gasteiger partial charge in [0.2, 0.25) is 5.75 Å². The maximum atomic E-state index is 13.1. The molecule has 0 unspecified atom stereocenters. The van der Waals surface area contributed by atoms with Crippen LogP contribution in [0.2, 0.25) is 0 Å². The van der Waals surface area contributed by atoms with Gasteiger partial charge < -0.3 is 24.3 Å². The summed E-state index contributed by atoms with van der Waals surface area (Å²) in [7, 11) is 4.54. The maximum absolute atomic E-state index is 13.1. The number of benzene rings is 3. The standard InChI is InChI=1S/C28H25FN2O6/c1-34-24-12-18(13-25(35-2)27(24)36-3)23-14-21(20-6-4-5-7-22(20)31-23)28(33)37-16-26(32)30-15-17-8-10-19(29)11-9-17/h4-14H,15-16H2,1-3H3,(H,30,32). The van der Waals surface area contributed by atoms with Crippen molar-refractivity contribution in [3.8, 4) is 28.5 Å². The zero-order valence-electron chi connectivity index (χ0n) is 20.5. The van der Waals surface area contributed by atoms with E-state index in [1.807, 2.05) is 6.07 Å². The average molecular weight is 505 g/mol. The van der Waals surface area contributed by atoms with Gasteiger partial charge in [0.25, 0.3) is 5.91 Å². The molecule has 1 N–H and O–H groups in total. The highest BCUT2D eigenvalue weighted by Gasteiger charge is 2.19. The number of hydrogen-bond donors (Lipinski definition) is 1. The first-order chi connectivity index (χ1) is 17.9. The van der Waals surface area contributed by atoms with Crippen LogP contribution < -0.4 is 19.5 Å². The van der Waals surface area contributed by atoms with E-state index in [0.29, 0.717) is 39.4 Å². The van der Waals surface area contributed by atoms with Crippen molar-refractivity contribution < 1.29 is 32.9 Å². The Bertz CT molecular complexity index is 1410. The quantitative estimate of drug-likeness (QED) is 0.334. The van der Waals surface area contributed by atoms with E-state index in [4.69, 9.17) is 23.9 Å². The number of para-hydroxylation sites is 1. The van der Waals surface area contributed by atoms with Crippen LogP contribution in [0.4, 0.5) is 4.39 Å². The van der Waals surface area contributed by atoms with Crippen LogP contribution in [-0.4, -0.2) is 44.8 Å². The minimum Gasteiger partial charge on any atom is -0.493 e. The molecule has 4 rings (SSSR count). The van der Waals surface area contributed by atoms with E-state index in [1.165, 1.54) is 33.5 Å². The highest BCUT2D eigenvalue weighted by Crippen LogP contribution is 2.41. The first kappa shape index (κ1) is 25.4. The van der Waals surface area contributed by atoms with Gasteiger partial charge in [-0.15, -0.1) is 0 Å². The normalized spacial score (nSPS) is 10.6. The number of methoxy groups -OCH3 is 3. The first-order valence-corrected chi connectivity index (χ1v) is 11.3. The minimum atomic E-state index is -0.677. The monoisotopic (exact) mass is 504 g/mol. The summed E-state index contributed by atoms with van der Waals surface area (Å²) in [6.45, 7) is -0.295. The number of esters is 1. The number of ether oxygens (including phenoxy) is 4. The largest absolute Gasteiger partial charge is 0.493 e. The van der Waals surface area contributed by atoms with Crippen molar-refractivity contribution in [3.63, 3.8) is 0 Å². The van der Waals surface area contributed by atoms with Crippen LogP contribution in [0.25, 0.3) is 22.2 Å². The summed E-state index contributed by atoms with van der Waals surface area (Å²) >= 11 is 0. The van der Waals surface area contributed by atoms with E-state index in [9.17, 15) is 14.0 Å². The van der Waals surface area contributed by atoms with Gasteiger partial charge >= 0.3 is 5.97 Å². The molecular formula is C28H25FN2O6. The summed E-state index contributed by atoms with van der Waals surface area (Å²) in [6.07, 6.45) is 0. The predicted octanol–water partition coefficient (Wildman–Crippen LogP) is 4.54. The van der Waals surface area contributed by atoms with Gasteiger partial charge in [0.05, 0.1) is 38.1 Å².